The Labute approximate surface area is 102 Å². The maximum Gasteiger partial charge on any atom is 0.220 e. The first kappa shape index (κ1) is 14.9. The average Bonchev–Trinajstić information content (AvgIpc) is 2.17. The minimum Gasteiger partial charge on any atom is -0.351 e. The van der Waals surface area contributed by atoms with E-state index in [2.05, 4.69) is 48.9 Å². The molecule has 1 amide bonds. The highest BCUT2D eigenvalue weighted by Gasteiger charge is 2.23. The lowest BCUT2D eigenvalue weighted by Gasteiger charge is -2.29. The number of rotatable bonds is 7. The van der Waals surface area contributed by atoms with Crippen LogP contribution in [0.1, 0.15) is 53.4 Å². The van der Waals surface area contributed by atoms with E-state index in [0.717, 1.165) is 24.6 Å². The lowest BCUT2D eigenvalue weighted by atomic mass is 9.94. The van der Waals surface area contributed by atoms with Gasteiger partial charge in [0.25, 0.3) is 0 Å². The SMILES string of the molecule is CCC(C)CC(=O)NC(C)(CC)CCBr. The van der Waals surface area contributed by atoms with Crippen molar-refractivity contribution in [1.29, 1.82) is 0 Å². The Morgan fingerprint density at radius 1 is 1.47 bits per heavy atom. The molecule has 1 N–H and O–H groups in total. The van der Waals surface area contributed by atoms with E-state index in [0.29, 0.717) is 12.3 Å². The fraction of sp³-hybridized carbons (Fsp3) is 0.917. The van der Waals surface area contributed by atoms with E-state index in [-0.39, 0.29) is 11.4 Å². The molecule has 0 aromatic rings. The normalized spacial score (nSPS) is 16.9. The number of amides is 1. The molecule has 90 valence electrons. The molecule has 0 saturated carbocycles. The van der Waals surface area contributed by atoms with E-state index in [9.17, 15) is 4.79 Å². The summed E-state index contributed by atoms with van der Waals surface area (Å²) in [5.74, 6) is 0.671. The maximum atomic E-state index is 11.7. The Balaban J connectivity index is 4.12. The van der Waals surface area contributed by atoms with E-state index in [1.165, 1.54) is 0 Å². The number of alkyl halides is 1. The number of hydrogen-bond acceptors (Lipinski definition) is 1. The van der Waals surface area contributed by atoms with Crippen LogP contribution in [0.25, 0.3) is 0 Å². The van der Waals surface area contributed by atoms with Gasteiger partial charge < -0.3 is 5.32 Å². The van der Waals surface area contributed by atoms with Crippen LogP contribution in [0.15, 0.2) is 0 Å². The fourth-order valence-electron chi connectivity index (χ4n) is 1.38. The summed E-state index contributed by atoms with van der Waals surface area (Å²) in [4.78, 5) is 11.7. The Hall–Kier alpha value is -0.0500. The van der Waals surface area contributed by atoms with Crippen LogP contribution < -0.4 is 5.32 Å². The monoisotopic (exact) mass is 277 g/mol. The van der Waals surface area contributed by atoms with Crippen LogP contribution in [-0.2, 0) is 4.79 Å². The standard InChI is InChI=1S/C12H24BrNO/c1-5-10(3)9-11(15)14-12(4,6-2)7-8-13/h10H,5-9H2,1-4H3,(H,14,15). The van der Waals surface area contributed by atoms with Crippen LogP contribution >= 0.6 is 15.9 Å². The second-order valence-electron chi connectivity index (χ2n) is 4.62. The Morgan fingerprint density at radius 2 is 2.07 bits per heavy atom. The first-order valence-electron chi connectivity index (χ1n) is 5.84. The highest BCUT2D eigenvalue weighted by molar-refractivity contribution is 9.09. The van der Waals surface area contributed by atoms with Crippen molar-refractivity contribution in [3.05, 3.63) is 0 Å². The van der Waals surface area contributed by atoms with Crippen molar-refractivity contribution in [3.8, 4) is 0 Å². The molecule has 0 aromatic heterocycles. The van der Waals surface area contributed by atoms with Crippen molar-refractivity contribution in [2.24, 2.45) is 5.92 Å². The summed E-state index contributed by atoms with van der Waals surface area (Å²) in [7, 11) is 0. The Bertz CT molecular complexity index is 196. The van der Waals surface area contributed by atoms with Gasteiger partial charge in [0, 0.05) is 17.3 Å². The molecule has 0 rings (SSSR count). The van der Waals surface area contributed by atoms with E-state index in [1.54, 1.807) is 0 Å². The van der Waals surface area contributed by atoms with Crippen molar-refractivity contribution >= 4 is 21.8 Å². The van der Waals surface area contributed by atoms with E-state index in [1.807, 2.05) is 0 Å². The molecule has 0 aliphatic rings. The van der Waals surface area contributed by atoms with Crippen molar-refractivity contribution < 1.29 is 4.79 Å². The Morgan fingerprint density at radius 3 is 2.47 bits per heavy atom. The molecule has 0 bridgehead atoms. The van der Waals surface area contributed by atoms with Crippen LogP contribution in [-0.4, -0.2) is 16.8 Å². The van der Waals surface area contributed by atoms with Gasteiger partial charge in [0.15, 0.2) is 0 Å². The molecule has 3 heteroatoms. The van der Waals surface area contributed by atoms with Crippen molar-refractivity contribution in [2.45, 2.75) is 58.9 Å². The maximum absolute atomic E-state index is 11.7. The van der Waals surface area contributed by atoms with Gasteiger partial charge in [-0.25, -0.2) is 0 Å². The molecule has 0 heterocycles. The second kappa shape index (κ2) is 7.26. The summed E-state index contributed by atoms with van der Waals surface area (Å²) in [6, 6.07) is 0. The predicted molar refractivity (Wildman–Crippen MR) is 69.3 cm³/mol. The highest BCUT2D eigenvalue weighted by Crippen LogP contribution is 2.17. The molecule has 15 heavy (non-hydrogen) atoms. The van der Waals surface area contributed by atoms with E-state index < -0.39 is 0 Å². The van der Waals surface area contributed by atoms with Gasteiger partial charge in [0.05, 0.1) is 0 Å². The van der Waals surface area contributed by atoms with E-state index >= 15 is 0 Å². The van der Waals surface area contributed by atoms with E-state index in [4.69, 9.17) is 0 Å². The van der Waals surface area contributed by atoms with Gasteiger partial charge in [-0.3, -0.25) is 4.79 Å². The molecular weight excluding hydrogens is 254 g/mol. The third-order valence-corrected chi connectivity index (χ3v) is 3.50. The van der Waals surface area contributed by atoms with Crippen LogP contribution in [0.4, 0.5) is 0 Å². The van der Waals surface area contributed by atoms with Gasteiger partial charge in [0.1, 0.15) is 0 Å². The summed E-state index contributed by atoms with van der Waals surface area (Å²) < 4.78 is 0. The highest BCUT2D eigenvalue weighted by atomic mass is 79.9. The summed E-state index contributed by atoms with van der Waals surface area (Å²) in [6.07, 6.45) is 3.67. The van der Waals surface area contributed by atoms with Gasteiger partial charge in [0.2, 0.25) is 5.91 Å². The predicted octanol–water partition coefficient (Wildman–Crippen LogP) is 3.49. The largest absolute Gasteiger partial charge is 0.351 e. The molecule has 0 aliphatic heterocycles. The fourth-order valence-corrected chi connectivity index (χ4v) is 2.26. The van der Waals surface area contributed by atoms with Crippen LogP contribution in [0.5, 0.6) is 0 Å². The lowest BCUT2D eigenvalue weighted by molar-refractivity contribution is -0.123. The quantitative estimate of drug-likeness (QED) is 0.710. The van der Waals surface area contributed by atoms with Gasteiger partial charge in [-0.05, 0) is 25.7 Å². The van der Waals surface area contributed by atoms with Gasteiger partial charge in [-0.2, -0.15) is 0 Å². The van der Waals surface area contributed by atoms with Crippen molar-refractivity contribution in [1.82, 2.24) is 5.32 Å². The minimum atomic E-state index is -0.0476. The molecule has 0 spiro atoms. The second-order valence-corrected chi connectivity index (χ2v) is 5.41. The van der Waals surface area contributed by atoms with Gasteiger partial charge in [-0.15, -0.1) is 0 Å². The third-order valence-electron chi connectivity index (χ3n) is 3.10. The van der Waals surface area contributed by atoms with Crippen LogP contribution in [0.2, 0.25) is 0 Å². The third kappa shape index (κ3) is 6.18. The summed E-state index contributed by atoms with van der Waals surface area (Å²) in [6.45, 7) is 8.47. The first-order valence-corrected chi connectivity index (χ1v) is 6.96. The van der Waals surface area contributed by atoms with Crippen molar-refractivity contribution in [3.63, 3.8) is 0 Å². The first-order chi connectivity index (χ1) is 6.97. The number of hydrogen-bond donors (Lipinski definition) is 1. The van der Waals surface area contributed by atoms with Crippen molar-refractivity contribution in [2.75, 3.05) is 5.33 Å². The molecule has 0 aromatic carbocycles. The Kier molecular flexibility index (Phi) is 7.24. The smallest absolute Gasteiger partial charge is 0.220 e. The zero-order chi connectivity index (χ0) is 11.9. The number of carbonyl (C=O) groups is 1. The minimum absolute atomic E-state index is 0.0476. The molecule has 2 atom stereocenters. The molecule has 2 nitrogen and oxygen atoms in total. The topological polar surface area (TPSA) is 29.1 Å². The number of carbonyl (C=O) groups excluding carboxylic acids is 1. The molecule has 0 saturated heterocycles. The molecule has 0 radical (unpaired) electrons. The average molecular weight is 278 g/mol. The lowest BCUT2D eigenvalue weighted by Crippen LogP contribution is -2.46. The summed E-state index contributed by atoms with van der Waals surface area (Å²) in [5.41, 5.74) is -0.0476. The zero-order valence-corrected chi connectivity index (χ0v) is 12.0. The summed E-state index contributed by atoms with van der Waals surface area (Å²) in [5, 5.41) is 4.07. The molecular formula is C12H24BrNO. The van der Waals surface area contributed by atoms with Crippen LogP contribution in [0, 0.1) is 5.92 Å². The van der Waals surface area contributed by atoms with Gasteiger partial charge in [-0.1, -0.05) is 43.1 Å². The molecule has 2 unspecified atom stereocenters. The van der Waals surface area contributed by atoms with Gasteiger partial charge >= 0.3 is 0 Å². The molecule has 0 aliphatic carbocycles. The number of nitrogens with one attached hydrogen (secondary N) is 1. The summed E-state index contributed by atoms with van der Waals surface area (Å²) >= 11 is 3.43. The van der Waals surface area contributed by atoms with Crippen LogP contribution in [0.3, 0.4) is 0 Å². The molecule has 0 fully saturated rings. The number of halogens is 1. The zero-order valence-electron chi connectivity index (χ0n) is 10.4.